The fourth-order valence-corrected chi connectivity index (χ4v) is 4.62. The molecular formula is C25H30N2O4S. The second-order valence-corrected chi connectivity index (χ2v) is 10.5. The highest BCUT2D eigenvalue weighted by Crippen LogP contribution is 2.29. The molecule has 1 aromatic heterocycles. The number of benzene rings is 2. The fraction of sp³-hybridized carbons (Fsp3) is 0.360. The van der Waals surface area contributed by atoms with Crippen molar-refractivity contribution in [1.29, 1.82) is 0 Å². The average molecular weight is 455 g/mol. The van der Waals surface area contributed by atoms with E-state index in [1.54, 1.807) is 18.2 Å². The van der Waals surface area contributed by atoms with Gasteiger partial charge in [0, 0.05) is 19.2 Å². The quantitative estimate of drug-likeness (QED) is 0.471. The summed E-state index contributed by atoms with van der Waals surface area (Å²) in [6.07, 6.45) is 2.40. The van der Waals surface area contributed by atoms with E-state index in [2.05, 4.69) is 18.9 Å². The standard InChI is InChI=1S/C25H30N2O4S/c1-5-6-24(29)22-14-23(27(26-22)15-17(2)3)19-9-7-18(8-10-19)20-11-12-21(16-28)25(13-20)32(4,30)31/h7-14,17,28H,5-6,15-16H2,1-4H3. The zero-order chi connectivity index (χ0) is 23.5. The highest BCUT2D eigenvalue weighted by Gasteiger charge is 2.17. The molecule has 0 saturated carbocycles. The molecule has 0 unspecified atom stereocenters. The second kappa shape index (κ2) is 9.79. The van der Waals surface area contributed by atoms with E-state index in [0.717, 1.165) is 35.1 Å². The molecule has 6 nitrogen and oxygen atoms in total. The minimum Gasteiger partial charge on any atom is -0.392 e. The number of aliphatic hydroxyl groups excluding tert-OH is 1. The Morgan fingerprint density at radius 2 is 1.66 bits per heavy atom. The van der Waals surface area contributed by atoms with Gasteiger partial charge in [-0.15, -0.1) is 0 Å². The Bertz CT molecular complexity index is 1210. The Balaban J connectivity index is 1.99. The van der Waals surface area contributed by atoms with Crippen molar-refractivity contribution in [3.8, 4) is 22.4 Å². The molecule has 0 fully saturated rings. The lowest BCUT2D eigenvalue weighted by atomic mass is 10.0. The minimum atomic E-state index is -3.46. The number of ketones is 1. The van der Waals surface area contributed by atoms with E-state index >= 15 is 0 Å². The molecule has 0 aliphatic rings. The van der Waals surface area contributed by atoms with Crippen LogP contribution in [0.2, 0.25) is 0 Å². The van der Waals surface area contributed by atoms with Crippen LogP contribution in [0.1, 0.15) is 49.7 Å². The number of rotatable bonds is 9. The number of Topliss-reactive ketones (excluding diaryl/α,β-unsaturated/α-hetero) is 1. The SMILES string of the molecule is CCCC(=O)c1cc(-c2ccc(-c3ccc(CO)c(S(C)(=O)=O)c3)cc2)n(CC(C)C)n1. The molecular weight excluding hydrogens is 424 g/mol. The van der Waals surface area contributed by atoms with Gasteiger partial charge in [0.15, 0.2) is 15.6 Å². The molecule has 0 spiro atoms. The first-order valence-electron chi connectivity index (χ1n) is 10.8. The third kappa shape index (κ3) is 5.34. The van der Waals surface area contributed by atoms with Gasteiger partial charge >= 0.3 is 0 Å². The summed E-state index contributed by atoms with van der Waals surface area (Å²) in [5, 5.41) is 14.0. The van der Waals surface area contributed by atoms with Crippen molar-refractivity contribution in [2.45, 2.75) is 51.7 Å². The zero-order valence-electron chi connectivity index (χ0n) is 19.0. The summed E-state index contributed by atoms with van der Waals surface area (Å²) in [5.41, 5.74) is 4.31. The fourth-order valence-electron chi connectivity index (χ4n) is 3.67. The van der Waals surface area contributed by atoms with Gasteiger partial charge in [-0.2, -0.15) is 5.10 Å². The van der Waals surface area contributed by atoms with Crippen LogP contribution < -0.4 is 0 Å². The van der Waals surface area contributed by atoms with Gasteiger partial charge in [0.25, 0.3) is 0 Å². The molecule has 3 aromatic rings. The number of sulfone groups is 1. The van der Waals surface area contributed by atoms with Gasteiger partial charge in [-0.25, -0.2) is 8.42 Å². The van der Waals surface area contributed by atoms with Crippen LogP contribution in [0.3, 0.4) is 0 Å². The Labute approximate surface area is 189 Å². The second-order valence-electron chi connectivity index (χ2n) is 8.49. The van der Waals surface area contributed by atoms with Gasteiger partial charge in [-0.1, -0.05) is 57.2 Å². The Hall–Kier alpha value is -2.77. The summed E-state index contributed by atoms with van der Waals surface area (Å²) in [4.78, 5) is 12.5. The molecule has 2 aromatic carbocycles. The van der Waals surface area contributed by atoms with Crippen molar-refractivity contribution in [1.82, 2.24) is 9.78 Å². The first kappa shape index (κ1) is 23.9. The molecule has 0 atom stereocenters. The van der Waals surface area contributed by atoms with E-state index in [-0.39, 0.29) is 17.3 Å². The average Bonchev–Trinajstić information content (AvgIpc) is 3.16. The predicted molar refractivity (Wildman–Crippen MR) is 126 cm³/mol. The van der Waals surface area contributed by atoms with Crippen molar-refractivity contribution in [2.24, 2.45) is 5.92 Å². The van der Waals surface area contributed by atoms with Gasteiger partial charge in [0.1, 0.15) is 5.69 Å². The highest BCUT2D eigenvalue weighted by atomic mass is 32.2. The number of hydrogen-bond acceptors (Lipinski definition) is 5. The van der Waals surface area contributed by atoms with Gasteiger partial charge < -0.3 is 5.11 Å². The predicted octanol–water partition coefficient (Wildman–Crippen LogP) is 4.75. The first-order valence-corrected chi connectivity index (χ1v) is 12.7. The van der Waals surface area contributed by atoms with E-state index in [4.69, 9.17) is 0 Å². The molecule has 32 heavy (non-hydrogen) atoms. The lowest BCUT2D eigenvalue weighted by molar-refractivity contribution is 0.0976. The highest BCUT2D eigenvalue weighted by molar-refractivity contribution is 7.90. The summed E-state index contributed by atoms with van der Waals surface area (Å²) < 4.78 is 26.1. The largest absolute Gasteiger partial charge is 0.392 e. The zero-order valence-corrected chi connectivity index (χ0v) is 19.8. The van der Waals surface area contributed by atoms with Crippen LogP contribution in [0.4, 0.5) is 0 Å². The smallest absolute Gasteiger partial charge is 0.183 e. The number of carbonyl (C=O) groups excluding carboxylic acids is 1. The third-order valence-corrected chi connectivity index (χ3v) is 6.41. The van der Waals surface area contributed by atoms with Crippen LogP contribution in [-0.2, 0) is 23.0 Å². The van der Waals surface area contributed by atoms with Gasteiger partial charge in [-0.05, 0) is 46.7 Å². The van der Waals surface area contributed by atoms with Crippen molar-refractivity contribution >= 4 is 15.6 Å². The summed E-state index contributed by atoms with van der Waals surface area (Å²) >= 11 is 0. The summed E-state index contributed by atoms with van der Waals surface area (Å²) in [7, 11) is -3.46. The number of hydrogen-bond donors (Lipinski definition) is 1. The summed E-state index contributed by atoms with van der Waals surface area (Å²) in [5.74, 6) is 0.423. The van der Waals surface area contributed by atoms with Crippen LogP contribution in [0.5, 0.6) is 0 Å². The lowest BCUT2D eigenvalue weighted by Crippen LogP contribution is -2.09. The molecule has 0 radical (unpaired) electrons. The Kier molecular flexibility index (Phi) is 7.31. The molecule has 0 aliphatic carbocycles. The van der Waals surface area contributed by atoms with E-state index in [1.165, 1.54) is 0 Å². The molecule has 7 heteroatoms. The van der Waals surface area contributed by atoms with Crippen molar-refractivity contribution < 1.29 is 18.3 Å². The van der Waals surface area contributed by atoms with Crippen LogP contribution in [0, 0.1) is 5.92 Å². The normalized spacial score (nSPS) is 11.8. The number of nitrogens with zero attached hydrogens (tertiary/aromatic N) is 2. The lowest BCUT2D eigenvalue weighted by Gasteiger charge is -2.11. The van der Waals surface area contributed by atoms with Crippen LogP contribution >= 0.6 is 0 Å². The van der Waals surface area contributed by atoms with Gasteiger partial charge in [-0.3, -0.25) is 9.48 Å². The van der Waals surface area contributed by atoms with Crippen LogP contribution in [0.15, 0.2) is 53.4 Å². The van der Waals surface area contributed by atoms with Crippen LogP contribution in [-0.4, -0.2) is 35.3 Å². The molecule has 3 rings (SSSR count). The maximum Gasteiger partial charge on any atom is 0.183 e. The summed E-state index contributed by atoms with van der Waals surface area (Å²) in [6, 6.07) is 14.7. The van der Waals surface area contributed by atoms with Crippen molar-refractivity contribution in [2.75, 3.05) is 6.26 Å². The molecule has 1 heterocycles. The maximum atomic E-state index is 12.4. The Morgan fingerprint density at radius 1 is 1.03 bits per heavy atom. The van der Waals surface area contributed by atoms with E-state index in [0.29, 0.717) is 30.1 Å². The maximum absolute atomic E-state index is 12.4. The minimum absolute atomic E-state index is 0.0464. The molecule has 0 saturated heterocycles. The number of aromatic nitrogens is 2. The monoisotopic (exact) mass is 454 g/mol. The number of carbonyl (C=O) groups is 1. The Morgan fingerprint density at radius 3 is 2.22 bits per heavy atom. The third-order valence-electron chi connectivity index (χ3n) is 5.23. The molecule has 0 amide bonds. The first-order chi connectivity index (χ1) is 15.1. The summed E-state index contributed by atoms with van der Waals surface area (Å²) in [6.45, 7) is 6.57. The van der Waals surface area contributed by atoms with Crippen LogP contribution in [0.25, 0.3) is 22.4 Å². The van der Waals surface area contributed by atoms with Crippen molar-refractivity contribution in [3.05, 3.63) is 59.8 Å². The molecule has 0 bridgehead atoms. The van der Waals surface area contributed by atoms with Gasteiger partial charge in [0.05, 0.1) is 17.2 Å². The molecule has 170 valence electrons. The molecule has 0 aliphatic heterocycles. The van der Waals surface area contributed by atoms with Crippen molar-refractivity contribution in [3.63, 3.8) is 0 Å². The number of aliphatic hydroxyl groups is 1. The van der Waals surface area contributed by atoms with E-state index < -0.39 is 9.84 Å². The topological polar surface area (TPSA) is 89.3 Å². The van der Waals surface area contributed by atoms with E-state index in [9.17, 15) is 18.3 Å². The van der Waals surface area contributed by atoms with E-state index in [1.807, 2.05) is 41.9 Å². The molecule has 1 N–H and O–H groups in total. The van der Waals surface area contributed by atoms with Gasteiger partial charge in [0.2, 0.25) is 0 Å².